The fraction of sp³-hybridized carbons (Fsp3) is 0.188. The molecule has 4 heteroatoms. The molecule has 0 atom stereocenters. The maximum absolute atomic E-state index is 5.92. The smallest absolute Gasteiger partial charge is 0.129 e. The molecule has 0 saturated heterocycles. The van der Waals surface area contributed by atoms with Gasteiger partial charge in [0.25, 0.3) is 0 Å². The lowest BCUT2D eigenvalue weighted by Gasteiger charge is -2.09. The van der Waals surface area contributed by atoms with Gasteiger partial charge in [0.15, 0.2) is 0 Å². The van der Waals surface area contributed by atoms with Crippen LogP contribution in [-0.4, -0.2) is 12.0 Å². The van der Waals surface area contributed by atoms with Crippen LogP contribution in [0, 0.1) is 0 Å². The van der Waals surface area contributed by atoms with Gasteiger partial charge in [-0.25, -0.2) is 0 Å². The van der Waals surface area contributed by atoms with Crippen molar-refractivity contribution in [3.05, 3.63) is 60.2 Å². The molecule has 3 aromatic rings. The SMILES string of the molecule is CNCc1occc1COc1cccc2ncccc12. The molecule has 0 aliphatic heterocycles. The first-order valence-electron chi connectivity index (χ1n) is 6.55. The van der Waals surface area contributed by atoms with Gasteiger partial charge in [0.1, 0.15) is 18.1 Å². The van der Waals surface area contributed by atoms with Crippen molar-refractivity contribution >= 4 is 10.9 Å². The summed E-state index contributed by atoms with van der Waals surface area (Å²) in [7, 11) is 1.89. The number of ether oxygens (including phenoxy) is 1. The Hall–Kier alpha value is -2.33. The molecule has 20 heavy (non-hydrogen) atoms. The Bertz CT molecular complexity index is 701. The molecule has 0 unspecified atom stereocenters. The van der Waals surface area contributed by atoms with E-state index in [4.69, 9.17) is 9.15 Å². The summed E-state index contributed by atoms with van der Waals surface area (Å²) in [5, 5.41) is 4.10. The Kier molecular flexibility index (Phi) is 3.65. The van der Waals surface area contributed by atoms with Gasteiger partial charge in [-0.05, 0) is 37.4 Å². The number of hydrogen-bond donors (Lipinski definition) is 1. The van der Waals surface area contributed by atoms with Gasteiger partial charge in [0.05, 0.1) is 18.3 Å². The summed E-state index contributed by atoms with van der Waals surface area (Å²) in [6.45, 7) is 1.18. The maximum atomic E-state index is 5.92. The van der Waals surface area contributed by atoms with Gasteiger partial charge in [0.2, 0.25) is 0 Å². The van der Waals surface area contributed by atoms with Crippen molar-refractivity contribution in [1.82, 2.24) is 10.3 Å². The minimum absolute atomic E-state index is 0.488. The molecular formula is C16H16N2O2. The van der Waals surface area contributed by atoms with E-state index in [9.17, 15) is 0 Å². The number of nitrogens with one attached hydrogen (secondary N) is 1. The van der Waals surface area contributed by atoms with Crippen molar-refractivity contribution in [3.8, 4) is 5.75 Å². The lowest BCUT2D eigenvalue weighted by atomic mass is 10.2. The largest absolute Gasteiger partial charge is 0.488 e. The second-order valence-electron chi connectivity index (χ2n) is 4.51. The van der Waals surface area contributed by atoms with Gasteiger partial charge in [-0.1, -0.05) is 6.07 Å². The van der Waals surface area contributed by atoms with Crippen LogP contribution in [0.4, 0.5) is 0 Å². The number of hydrogen-bond acceptors (Lipinski definition) is 4. The van der Waals surface area contributed by atoms with Crippen LogP contribution >= 0.6 is 0 Å². The molecule has 2 aromatic heterocycles. The number of benzene rings is 1. The van der Waals surface area contributed by atoms with E-state index in [0.29, 0.717) is 13.2 Å². The zero-order valence-electron chi connectivity index (χ0n) is 11.3. The second-order valence-corrected chi connectivity index (χ2v) is 4.51. The third-order valence-electron chi connectivity index (χ3n) is 3.16. The molecule has 1 aromatic carbocycles. The van der Waals surface area contributed by atoms with Crippen LogP contribution in [0.15, 0.2) is 53.3 Å². The van der Waals surface area contributed by atoms with E-state index in [2.05, 4.69) is 10.3 Å². The molecule has 102 valence electrons. The van der Waals surface area contributed by atoms with Crippen LogP contribution in [0.3, 0.4) is 0 Å². The molecule has 0 aliphatic rings. The van der Waals surface area contributed by atoms with Crippen molar-refractivity contribution in [1.29, 1.82) is 0 Å². The van der Waals surface area contributed by atoms with Crippen LogP contribution in [0.5, 0.6) is 5.75 Å². The van der Waals surface area contributed by atoms with Gasteiger partial charge in [-0.3, -0.25) is 4.98 Å². The summed E-state index contributed by atoms with van der Waals surface area (Å²) >= 11 is 0. The standard InChI is InChI=1S/C16H16N2O2/c1-17-10-16-12(7-9-19-16)11-20-15-6-2-5-14-13(15)4-3-8-18-14/h2-9,17H,10-11H2,1H3. The summed E-state index contributed by atoms with van der Waals surface area (Å²) in [5.74, 6) is 1.75. The van der Waals surface area contributed by atoms with Crippen molar-refractivity contribution < 1.29 is 9.15 Å². The lowest BCUT2D eigenvalue weighted by molar-refractivity contribution is 0.305. The van der Waals surface area contributed by atoms with E-state index >= 15 is 0 Å². The molecule has 3 rings (SSSR count). The van der Waals surface area contributed by atoms with Crippen LogP contribution in [0.25, 0.3) is 10.9 Å². The van der Waals surface area contributed by atoms with E-state index < -0.39 is 0 Å². The van der Waals surface area contributed by atoms with Crippen LogP contribution in [-0.2, 0) is 13.2 Å². The first kappa shape index (κ1) is 12.7. The van der Waals surface area contributed by atoms with E-state index in [0.717, 1.165) is 28.0 Å². The predicted molar refractivity (Wildman–Crippen MR) is 77.5 cm³/mol. The molecule has 0 bridgehead atoms. The number of pyridine rings is 1. The number of fused-ring (bicyclic) bond motifs is 1. The van der Waals surface area contributed by atoms with Crippen molar-refractivity contribution in [2.75, 3.05) is 7.05 Å². The minimum atomic E-state index is 0.488. The fourth-order valence-electron chi connectivity index (χ4n) is 2.17. The van der Waals surface area contributed by atoms with Crippen LogP contribution in [0.2, 0.25) is 0 Å². The predicted octanol–water partition coefficient (Wildman–Crippen LogP) is 3.13. The molecule has 0 saturated carbocycles. The molecule has 0 radical (unpaired) electrons. The van der Waals surface area contributed by atoms with Crippen LogP contribution in [0.1, 0.15) is 11.3 Å². The normalized spacial score (nSPS) is 10.8. The van der Waals surface area contributed by atoms with Gasteiger partial charge < -0.3 is 14.5 Å². The van der Waals surface area contributed by atoms with E-state index in [-0.39, 0.29) is 0 Å². The first-order valence-corrected chi connectivity index (χ1v) is 6.55. The number of rotatable bonds is 5. The molecule has 0 spiro atoms. The Morgan fingerprint density at radius 2 is 2.15 bits per heavy atom. The maximum Gasteiger partial charge on any atom is 0.129 e. The quantitative estimate of drug-likeness (QED) is 0.772. The van der Waals surface area contributed by atoms with Crippen molar-refractivity contribution in [3.63, 3.8) is 0 Å². The highest BCUT2D eigenvalue weighted by atomic mass is 16.5. The van der Waals surface area contributed by atoms with Gasteiger partial charge in [-0.15, -0.1) is 0 Å². The fourth-order valence-corrected chi connectivity index (χ4v) is 2.17. The number of furan rings is 1. The highest BCUT2D eigenvalue weighted by Crippen LogP contribution is 2.25. The molecule has 1 N–H and O–H groups in total. The van der Waals surface area contributed by atoms with Gasteiger partial charge in [0, 0.05) is 17.1 Å². The minimum Gasteiger partial charge on any atom is -0.488 e. The van der Waals surface area contributed by atoms with E-state index in [1.54, 1.807) is 12.5 Å². The average Bonchev–Trinajstić information content (AvgIpc) is 2.93. The van der Waals surface area contributed by atoms with Crippen molar-refractivity contribution in [2.24, 2.45) is 0 Å². The molecular weight excluding hydrogens is 252 g/mol. The summed E-state index contributed by atoms with van der Waals surface area (Å²) < 4.78 is 11.3. The second kappa shape index (κ2) is 5.75. The lowest BCUT2D eigenvalue weighted by Crippen LogP contribution is -2.07. The average molecular weight is 268 g/mol. The van der Waals surface area contributed by atoms with Crippen LogP contribution < -0.4 is 10.1 Å². The number of nitrogens with zero attached hydrogens (tertiary/aromatic N) is 1. The molecule has 0 aliphatic carbocycles. The molecule has 4 nitrogen and oxygen atoms in total. The topological polar surface area (TPSA) is 47.3 Å². The first-order chi connectivity index (χ1) is 9.88. The zero-order chi connectivity index (χ0) is 13.8. The summed E-state index contributed by atoms with van der Waals surface area (Å²) in [4.78, 5) is 4.33. The van der Waals surface area contributed by atoms with Gasteiger partial charge in [-0.2, -0.15) is 0 Å². The zero-order valence-corrected chi connectivity index (χ0v) is 11.3. The summed E-state index contributed by atoms with van der Waals surface area (Å²) in [6, 6.07) is 11.8. The summed E-state index contributed by atoms with van der Waals surface area (Å²) in [6.07, 6.45) is 3.48. The third kappa shape index (κ3) is 2.51. The molecule has 0 amide bonds. The van der Waals surface area contributed by atoms with E-state index in [1.807, 2.05) is 43.4 Å². The monoisotopic (exact) mass is 268 g/mol. The number of aromatic nitrogens is 1. The Morgan fingerprint density at radius 1 is 1.20 bits per heavy atom. The summed E-state index contributed by atoms with van der Waals surface area (Å²) in [5.41, 5.74) is 1.99. The molecule has 2 heterocycles. The Morgan fingerprint density at radius 3 is 3.05 bits per heavy atom. The van der Waals surface area contributed by atoms with Gasteiger partial charge >= 0.3 is 0 Å². The molecule has 0 fully saturated rings. The van der Waals surface area contributed by atoms with Crippen molar-refractivity contribution in [2.45, 2.75) is 13.2 Å². The Labute approximate surface area is 117 Å². The Balaban J connectivity index is 1.81. The highest BCUT2D eigenvalue weighted by molar-refractivity contribution is 5.84. The van der Waals surface area contributed by atoms with E-state index in [1.165, 1.54) is 0 Å². The highest BCUT2D eigenvalue weighted by Gasteiger charge is 2.08. The third-order valence-corrected chi connectivity index (χ3v) is 3.16.